The minimum atomic E-state index is -3.74. The Morgan fingerprint density at radius 1 is 0.895 bits per heavy atom. The van der Waals surface area contributed by atoms with Gasteiger partial charge in [-0.25, -0.2) is 28.5 Å². The van der Waals surface area contributed by atoms with Gasteiger partial charge in [0.1, 0.15) is 0 Å². The molecule has 0 spiro atoms. The highest BCUT2D eigenvalue weighted by Crippen LogP contribution is 2.33. The molecule has 0 saturated carbocycles. The maximum atomic E-state index is 11.8. The van der Waals surface area contributed by atoms with Gasteiger partial charge in [-0.15, -0.1) is 0 Å². The van der Waals surface area contributed by atoms with Crippen LogP contribution in [0.15, 0.2) is 101 Å². The molecule has 0 amide bonds. The SMILES string of the molecule is CSc1ncc2cc(-c3ccccc3)c(-c3ccc(CNCCc4ccccc4S(N)(=O)=O)cc3)nc2n1. The summed E-state index contributed by atoms with van der Waals surface area (Å²) in [5.41, 5.74) is 6.47. The Morgan fingerprint density at radius 3 is 2.37 bits per heavy atom. The quantitative estimate of drug-likeness (QED) is 0.152. The number of nitrogens with two attached hydrogens (primary N) is 1. The zero-order valence-corrected chi connectivity index (χ0v) is 22.5. The number of primary sulfonamides is 1. The molecule has 0 aliphatic rings. The van der Waals surface area contributed by atoms with Gasteiger partial charge in [-0.1, -0.05) is 84.6 Å². The van der Waals surface area contributed by atoms with Gasteiger partial charge in [0.05, 0.1) is 10.6 Å². The normalized spacial score (nSPS) is 11.6. The van der Waals surface area contributed by atoms with Gasteiger partial charge in [0, 0.05) is 29.3 Å². The summed E-state index contributed by atoms with van der Waals surface area (Å²) in [5, 5.41) is 10.3. The second kappa shape index (κ2) is 11.4. The van der Waals surface area contributed by atoms with Crippen molar-refractivity contribution < 1.29 is 8.42 Å². The zero-order chi connectivity index (χ0) is 26.5. The van der Waals surface area contributed by atoms with Gasteiger partial charge < -0.3 is 5.32 Å². The Bertz CT molecular complexity index is 1680. The van der Waals surface area contributed by atoms with Gasteiger partial charge in [-0.05, 0) is 48.0 Å². The van der Waals surface area contributed by atoms with E-state index in [9.17, 15) is 8.42 Å². The first-order valence-corrected chi connectivity index (χ1v) is 14.9. The van der Waals surface area contributed by atoms with Crippen molar-refractivity contribution in [2.75, 3.05) is 12.8 Å². The molecule has 3 aromatic carbocycles. The van der Waals surface area contributed by atoms with Crippen LogP contribution in [0.5, 0.6) is 0 Å². The first kappa shape index (κ1) is 26.0. The molecule has 0 fully saturated rings. The van der Waals surface area contributed by atoms with Crippen LogP contribution in [0.2, 0.25) is 0 Å². The molecule has 0 unspecified atom stereocenters. The van der Waals surface area contributed by atoms with E-state index in [2.05, 4.69) is 57.7 Å². The van der Waals surface area contributed by atoms with Crippen LogP contribution in [0, 0.1) is 0 Å². The molecular weight excluding hydrogens is 514 g/mol. The number of fused-ring (bicyclic) bond motifs is 1. The molecule has 5 aromatic rings. The summed E-state index contributed by atoms with van der Waals surface area (Å²) >= 11 is 1.49. The predicted molar refractivity (Wildman–Crippen MR) is 153 cm³/mol. The Kier molecular flexibility index (Phi) is 7.80. The summed E-state index contributed by atoms with van der Waals surface area (Å²) in [6, 6.07) is 27.4. The fourth-order valence-electron chi connectivity index (χ4n) is 4.33. The van der Waals surface area contributed by atoms with E-state index in [-0.39, 0.29) is 4.90 Å². The number of pyridine rings is 1. The Labute approximate surface area is 226 Å². The number of thioether (sulfide) groups is 1. The minimum Gasteiger partial charge on any atom is -0.312 e. The zero-order valence-electron chi connectivity index (χ0n) is 20.8. The summed E-state index contributed by atoms with van der Waals surface area (Å²) in [5.74, 6) is 0. The third kappa shape index (κ3) is 5.92. The summed E-state index contributed by atoms with van der Waals surface area (Å²) in [6.07, 6.45) is 4.34. The van der Waals surface area contributed by atoms with Crippen molar-refractivity contribution in [2.45, 2.75) is 23.0 Å². The fraction of sp³-hybridized carbons (Fsp3) is 0.138. The number of sulfonamides is 1. The van der Waals surface area contributed by atoms with Gasteiger partial charge in [0.25, 0.3) is 0 Å². The first-order valence-electron chi connectivity index (χ1n) is 12.1. The van der Waals surface area contributed by atoms with E-state index in [1.54, 1.807) is 18.2 Å². The number of hydrogen-bond acceptors (Lipinski definition) is 7. The van der Waals surface area contributed by atoms with E-state index in [0.29, 0.717) is 35.9 Å². The maximum Gasteiger partial charge on any atom is 0.238 e. The van der Waals surface area contributed by atoms with Gasteiger partial charge in [-0.3, -0.25) is 0 Å². The molecular formula is C29H27N5O2S2. The average Bonchev–Trinajstić information content (AvgIpc) is 2.95. The van der Waals surface area contributed by atoms with Crippen molar-refractivity contribution in [2.24, 2.45) is 5.14 Å². The molecule has 2 aromatic heterocycles. The second-order valence-corrected chi connectivity index (χ2v) is 11.1. The van der Waals surface area contributed by atoms with Crippen molar-refractivity contribution in [3.8, 4) is 22.4 Å². The second-order valence-electron chi connectivity index (χ2n) is 8.80. The lowest BCUT2D eigenvalue weighted by Crippen LogP contribution is -2.19. The van der Waals surface area contributed by atoms with Crippen LogP contribution in [-0.4, -0.2) is 36.2 Å². The molecule has 3 N–H and O–H groups in total. The predicted octanol–water partition coefficient (Wildman–Crippen LogP) is 5.06. The Balaban J connectivity index is 1.35. The molecule has 9 heteroatoms. The number of hydrogen-bond donors (Lipinski definition) is 2. The topological polar surface area (TPSA) is 111 Å². The van der Waals surface area contributed by atoms with Gasteiger partial charge >= 0.3 is 0 Å². The number of nitrogens with one attached hydrogen (secondary N) is 1. The Morgan fingerprint density at radius 2 is 1.63 bits per heavy atom. The summed E-state index contributed by atoms with van der Waals surface area (Å²) in [7, 11) is -3.74. The van der Waals surface area contributed by atoms with Crippen molar-refractivity contribution in [1.82, 2.24) is 20.3 Å². The van der Waals surface area contributed by atoms with Crippen LogP contribution in [0.1, 0.15) is 11.1 Å². The van der Waals surface area contributed by atoms with Gasteiger partial charge in [0.2, 0.25) is 10.0 Å². The van der Waals surface area contributed by atoms with E-state index in [4.69, 9.17) is 10.1 Å². The van der Waals surface area contributed by atoms with Gasteiger partial charge in [-0.2, -0.15) is 0 Å². The van der Waals surface area contributed by atoms with Crippen molar-refractivity contribution in [1.29, 1.82) is 0 Å². The average molecular weight is 542 g/mol. The summed E-state index contributed by atoms with van der Waals surface area (Å²) in [4.78, 5) is 14.2. The molecule has 0 atom stereocenters. The third-order valence-corrected chi connectivity index (χ3v) is 7.79. The molecule has 5 rings (SSSR count). The highest BCUT2D eigenvalue weighted by molar-refractivity contribution is 7.98. The van der Waals surface area contributed by atoms with E-state index < -0.39 is 10.0 Å². The molecule has 2 heterocycles. The standard InChI is InChI=1S/C29H27N5O2S2/c1-37-29-32-19-24-17-25(21-7-3-2-4-8-21)27(33-28(24)34-29)23-13-11-20(12-14-23)18-31-16-15-22-9-5-6-10-26(22)38(30,35)36/h2-14,17,19,31H,15-16,18H2,1H3,(H2,30,35,36). The molecule has 0 aliphatic carbocycles. The van der Waals surface area contributed by atoms with Gasteiger partial charge in [0.15, 0.2) is 10.8 Å². The monoisotopic (exact) mass is 541 g/mol. The highest BCUT2D eigenvalue weighted by Gasteiger charge is 2.14. The van der Waals surface area contributed by atoms with Crippen molar-refractivity contribution in [3.63, 3.8) is 0 Å². The number of rotatable bonds is 9. The summed E-state index contributed by atoms with van der Waals surface area (Å²) < 4.78 is 23.6. The smallest absolute Gasteiger partial charge is 0.238 e. The maximum absolute atomic E-state index is 11.8. The highest BCUT2D eigenvalue weighted by atomic mass is 32.2. The van der Waals surface area contributed by atoms with Crippen LogP contribution < -0.4 is 10.5 Å². The van der Waals surface area contributed by atoms with E-state index in [1.165, 1.54) is 11.8 Å². The molecule has 0 bridgehead atoms. The Hall–Kier alpha value is -3.63. The number of aromatic nitrogens is 3. The summed E-state index contributed by atoms with van der Waals surface area (Å²) in [6.45, 7) is 1.27. The van der Waals surface area contributed by atoms with E-state index in [0.717, 1.165) is 33.3 Å². The van der Waals surface area contributed by atoms with Crippen molar-refractivity contribution in [3.05, 3.63) is 102 Å². The van der Waals surface area contributed by atoms with Crippen LogP contribution in [-0.2, 0) is 23.0 Å². The molecule has 0 saturated heterocycles. The first-order chi connectivity index (χ1) is 18.4. The van der Waals surface area contributed by atoms with E-state index in [1.807, 2.05) is 36.7 Å². The van der Waals surface area contributed by atoms with E-state index >= 15 is 0 Å². The fourth-order valence-corrected chi connectivity index (χ4v) is 5.47. The largest absolute Gasteiger partial charge is 0.312 e. The lowest BCUT2D eigenvalue weighted by atomic mass is 9.98. The number of nitrogens with zero attached hydrogens (tertiary/aromatic N) is 3. The van der Waals surface area contributed by atoms with Crippen LogP contribution >= 0.6 is 11.8 Å². The van der Waals surface area contributed by atoms with Crippen LogP contribution in [0.3, 0.4) is 0 Å². The molecule has 0 aliphatic heterocycles. The molecule has 7 nitrogen and oxygen atoms in total. The number of benzene rings is 3. The third-order valence-electron chi connectivity index (χ3n) is 6.22. The lowest BCUT2D eigenvalue weighted by Gasteiger charge is -2.12. The van der Waals surface area contributed by atoms with Crippen LogP contribution in [0.4, 0.5) is 0 Å². The van der Waals surface area contributed by atoms with Crippen molar-refractivity contribution >= 4 is 32.8 Å². The lowest BCUT2D eigenvalue weighted by molar-refractivity contribution is 0.595. The minimum absolute atomic E-state index is 0.179. The molecule has 0 radical (unpaired) electrons. The molecule has 38 heavy (non-hydrogen) atoms. The van der Waals surface area contributed by atoms with Crippen LogP contribution in [0.25, 0.3) is 33.4 Å². The molecule has 192 valence electrons.